The van der Waals surface area contributed by atoms with Crippen LogP contribution in [0.3, 0.4) is 0 Å². The lowest BCUT2D eigenvalue weighted by molar-refractivity contribution is 0.0997. The quantitative estimate of drug-likeness (QED) is 0.356. The van der Waals surface area contributed by atoms with Crippen LogP contribution in [0.1, 0.15) is 46.4 Å². The van der Waals surface area contributed by atoms with Crippen LogP contribution >= 0.6 is 11.3 Å². The Morgan fingerprint density at radius 1 is 1.12 bits per heavy atom. The third-order valence-corrected chi connectivity index (χ3v) is 6.11. The van der Waals surface area contributed by atoms with Gasteiger partial charge in [-0.1, -0.05) is 12.8 Å². The molecule has 172 valence electrons. The maximum absolute atomic E-state index is 14.7. The van der Waals surface area contributed by atoms with Crippen LogP contribution in [0.2, 0.25) is 0 Å². The summed E-state index contributed by atoms with van der Waals surface area (Å²) in [5.41, 5.74) is 12.9. The molecule has 33 heavy (non-hydrogen) atoms. The Bertz CT molecular complexity index is 1160. The molecule has 0 radical (unpaired) electrons. The van der Waals surface area contributed by atoms with Gasteiger partial charge in [-0.3, -0.25) is 14.6 Å². The number of primary amides is 1. The number of amides is 2. The lowest BCUT2D eigenvalue weighted by Gasteiger charge is -2.30. The van der Waals surface area contributed by atoms with Gasteiger partial charge >= 0.3 is 0 Å². The molecule has 1 saturated carbocycles. The zero-order valence-electron chi connectivity index (χ0n) is 17.7. The molecule has 11 heteroatoms. The fourth-order valence-corrected chi connectivity index (χ4v) is 4.33. The van der Waals surface area contributed by atoms with Crippen molar-refractivity contribution in [2.24, 2.45) is 11.5 Å². The number of thiophene rings is 1. The van der Waals surface area contributed by atoms with E-state index in [0.717, 1.165) is 31.7 Å². The molecule has 1 fully saturated rings. The Labute approximate surface area is 193 Å². The predicted octanol–water partition coefficient (Wildman–Crippen LogP) is 3.45. The van der Waals surface area contributed by atoms with Crippen molar-refractivity contribution >= 4 is 46.2 Å². The predicted molar refractivity (Wildman–Crippen MR) is 126 cm³/mol. The Morgan fingerprint density at radius 2 is 1.91 bits per heavy atom. The second-order valence-corrected chi connectivity index (χ2v) is 8.61. The van der Waals surface area contributed by atoms with Crippen LogP contribution < -0.4 is 27.4 Å². The largest absolute Gasteiger partial charge is 0.365 e. The number of carbonyl (C=O) groups excluding carboxylic acids is 2. The van der Waals surface area contributed by atoms with Gasteiger partial charge in [-0.2, -0.15) is 11.3 Å². The molecule has 0 aromatic carbocycles. The van der Waals surface area contributed by atoms with Crippen molar-refractivity contribution in [1.82, 2.24) is 9.97 Å². The van der Waals surface area contributed by atoms with Crippen LogP contribution in [0, 0.1) is 5.82 Å². The molecule has 2 atom stereocenters. The number of hydrogen-bond acceptors (Lipinski definition) is 8. The molecule has 1 unspecified atom stereocenters. The average molecular weight is 470 g/mol. The first kappa shape index (κ1) is 22.6. The SMILES string of the molecule is NC(=O)c1cc(F)c(NC2CCCC[C@@H]2N)nc1Nc1cncc(NC(=O)c2ccsc2)c1. The van der Waals surface area contributed by atoms with Gasteiger partial charge in [-0.25, -0.2) is 9.37 Å². The van der Waals surface area contributed by atoms with Crippen molar-refractivity contribution in [3.63, 3.8) is 0 Å². The van der Waals surface area contributed by atoms with Gasteiger partial charge in [0.25, 0.3) is 11.8 Å². The second kappa shape index (κ2) is 9.92. The number of hydrogen-bond donors (Lipinski definition) is 5. The number of aromatic nitrogens is 2. The van der Waals surface area contributed by atoms with Crippen molar-refractivity contribution in [2.75, 3.05) is 16.0 Å². The maximum atomic E-state index is 14.7. The van der Waals surface area contributed by atoms with Gasteiger partial charge in [-0.05, 0) is 36.4 Å². The zero-order chi connectivity index (χ0) is 23.4. The summed E-state index contributed by atoms with van der Waals surface area (Å²) >= 11 is 1.42. The molecule has 3 aromatic rings. The number of carbonyl (C=O) groups is 2. The van der Waals surface area contributed by atoms with Gasteiger partial charge in [0.05, 0.1) is 34.9 Å². The highest BCUT2D eigenvalue weighted by atomic mass is 32.1. The molecule has 3 aromatic heterocycles. The van der Waals surface area contributed by atoms with E-state index in [0.29, 0.717) is 16.9 Å². The normalized spacial score (nSPS) is 17.9. The number of nitrogens with one attached hydrogen (secondary N) is 3. The minimum Gasteiger partial charge on any atom is -0.365 e. The highest BCUT2D eigenvalue weighted by molar-refractivity contribution is 7.08. The van der Waals surface area contributed by atoms with Crippen LogP contribution in [-0.4, -0.2) is 33.9 Å². The van der Waals surface area contributed by atoms with Crippen LogP contribution in [0.15, 0.2) is 41.4 Å². The smallest absolute Gasteiger partial charge is 0.256 e. The molecule has 3 heterocycles. The first-order valence-corrected chi connectivity index (χ1v) is 11.4. The summed E-state index contributed by atoms with van der Waals surface area (Å²) in [6.07, 6.45) is 6.65. The van der Waals surface area contributed by atoms with E-state index < -0.39 is 11.7 Å². The lowest BCUT2D eigenvalue weighted by Crippen LogP contribution is -2.43. The Balaban J connectivity index is 1.57. The molecular weight excluding hydrogens is 445 g/mol. The van der Waals surface area contributed by atoms with E-state index in [4.69, 9.17) is 11.5 Å². The van der Waals surface area contributed by atoms with E-state index in [-0.39, 0.29) is 35.2 Å². The summed E-state index contributed by atoms with van der Waals surface area (Å²) in [6.45, 7) is 0. The molecule has 2 amide bonds. The Kier molecular flexibility index (Phi) is 6.80. The molecule has 0 bridgehead atoms. The van der Waals surface area contributed by atoms with Crippen molar-refractivity contribution < 1.29 is 14.0 Å². The zero-order valence-corrected chi connectivity index (χ0v) is 18.5. The van der Waals surface area contributed by atoms with E-state index in [9.17, 15) is 14.0 Å². The number of nitrogens with zero attached hydrogens (tertiary/aromatic N) is 2. The number of nitrogens with two attached hydrogens (primary N) is 2. The van der Waals surface area contributed by atoms with Gasteiger partial charge in [-0.15, -0.1) is 0 Å². The van der Waals surface area contributed by atoms with Crippen LogP contribution in [-0.2, 0) is 0 Å². The van der Waals surface area contributed by atoms with E-state index >= 15 is 0 Å². The van der Waals surface area contributed by atoms with Gasteiger partial charge in [0, 0.05) is 17.5 Å². The highest BCUT2D eigenvalue weighted by Gasteiger charge is 2.24. The fraction of sp³-hybridized carbons (Fsp3) is 0.273. The third kappa shape index (κ3) is 5.44. The average Bonchev–Trinajstić information content (AvgIpc) is 3.33. The van der Waals surface area contributed by atoms with Crippen molar-refractivity contribution in [1.29, 1.82) is 0 Å². The summed E-state index contributed by atoms with van der Waals surface area (Å²) in [6, 6.07) is 4.15. The van der Waals surface area contributed by atoms with Crippen molar-refractivity contribution in [3.8, 4) is 0 Å². The first-order valence-electron chi connectivity index (χ1n) is 10.5. The molecule has 0 aliphatic heterocycles. The fourth-order valence-electron chi connectivity index (χ4n) is 3.70. The minimum absolute atomic E-state index is 0.0141. The summed E-state index contributed by atoms with van der Waals surface area (Å²) in [5, 5.41) is 12.3. The lowest BCUT2D eigenvalue weighted by atomic mass is 9.91. The molecule has 4 rings (SSSR count). The molecule has 1 aliphatic carbocycles. The standard InChI is InChI=1S/C22H24FN7O2S/c23-16-8-15(19(25)31)20(30-21(16)29-18-4-2-1-3-17(18)24)27-13-7-14(10-26-9-13)28-22(32)12-5-6-33-11-12/h5-11,17-18H,1-4,24H2,(H2,25,31)(H,28,32)(H2,27,29,30)/t17-,18?/m0/s1. The molecule has 7 N–H and O–H groups in total. The number of rotatable bonds is 7. The molecular formula is C22H24FN7O2S. The summed E-state index contributed by atoms with van der Waals surface area (Å²) in [4.78, 5) is 32.6. The van der Waals surface area contributed by atoms with E-state index in [1.165, 1.54) is 23.7 Å². The number of halogens is 1. The van der Waals surface area contributed by atoms with Crippen LogP contribution in [0.25, 0.3) is 0 Å². The maximum Gasteiger partial charge on any atom is 0.256 e. The number of pyridine rings is 2. The van der Waals surface area contributed by atoms with E-state index in [2.05, 4.69) is 25.9 Å². The Morgan fingerprint density at radius 3 is 2.64 bits per heavy atom. The topological polar surface area (TPSA) is 148 Å². The minimum atomic E-state index is -0.834. The summed E-state index contributed by atoms with van der Waals surface area (Å²) in [5.74, 6) is -1.75. The first-order chi connectivity index (χ1) is 15.9. The van der Waals surface area contributed by atoms with Crippen molar-refractivity contribution in [2.45, 2.75) is 37.8 Å². The second-order valence-electron chi connectivity index (χ2n) is 7.83. The third-order valence-electron chi connectivity index (χ3n) is 5.43. The van der Waals surface area contributed by atoms with Crippen LogP contribution in [0.4, 0.5) is 27.4 Å². The monoisotopic (exact) mass is 469 g/mol. The van der Waals surface area contributed by atoms with Gasteiger partial charge in [0.15, 0.2) is 11.6 Å². The molecule has 1 aliphatic rings. The molecule has 0 spiro atoms. The highest BCUT2D eigenvalue weighted by Crippen LogP contribution is 2.27. The summed E-state index contributed by atoms with van der Waals surface area (Å²) in [7, 11) is 0. The molecule has 0 saturated heterocycles. The van der Waals surface area contributed by atoms with E-state index in [1.54, 1.807) is 17.5 Å². The van der Waals surface area contributed by atoms with Crippen LogP contribution in [0.5, 0.6) is 0 Å². The van der Waals surface area contributed by atoms with Gasteiger partial charge in [0.2, 0.25) is 0 Å². The van der Waals surface area contributed by atoms with Crippen molar-refractivity contribution in [3.05, 3.63) is 58.3 Å². The Hall–Kier alpha value is -3.57. The summed E-state index contributed by atoms with van der Waals surface area (Å²) < 4.78 is 14.7. The van der Waals surface area contributed by atoms with Gasteiger partial charge < -0.3 is 27.4 Å². The van der Waals surface area contributed by atoms with E-state index in [1.807, 2.05) is 5.38 Å². The molecule has 9 nitrogen and oxygen atoms in total. The van der Waals surface area contributed by atoms with Gasteiger partial charge in [0.1, 0.15) is 5.82 Å². The number of anilines is 4.